The van der Waals surface area contributed by atoms with E-state index in [0.29, 0.717) is 59.1 Å². The molecule has 2 heterocycles. The van der Waals surface area contributed by atoms with Gasteiger partial charge in [0.05, 0.1) is 42.3 Å². The molecule has 0 saturated carbocycles. The Morgan fingerprint density at radius 2 is 1.17 bits per heavy atom. The molecular weight excluding hydrogens is 641 g/mol. The molecule has 244 valence electrons. The van der Waals surface area contributed by atoms with Gasteiger partial charge < -0.3 is 19.3 Å². The van der Waals surface area contributed by atoms with Gasteiger partial charge in [-0.3, -0.25) is 0 Å². The number of carboxylic acid groups (broad SMARTS) is 1. The van der Waals surface area contributed by atoms with Crippen LogP contribution in [0.15, 0.2) is 60.7 Å². The van der Waals surface area contributed by atoms with Crippen LogP contribution >= 0.6 is 23.2 Å². The van der Waals surface area contributed by atoms with E-state index in [9.17, 15) is 18.4 Å². The monoisotopic (exact) mass is 674 g/mol. The fraction of sp³-hybridized carbons (Fsp3) is 0.294. The number of ether oxygens (including phenoxy) is 3. The maximum absolute atomic E-state index is 13.8. The van der Waals surface area contributed by atoms with Crippen molar-refractivity contribution in [1.29, 1.82) is 0 Å². The quantitative estimate of drug-likeness (QED) is 0.124. The lowest BCUT2D eigenvalue weighted by Crippen LogP contribution is -2.06. The molecule has 0 saturated heterocycles. The lowest BCUT2D eigenvalue weighted by atomic mass is 10.1. The molecule has 0 radical (unpaired) electrons. The van der Waals surface area contributed by atoms with Crippen LogP contribution in [0.2, 0.25) is 10.3 Å². The molecule has 46 heavy (non-hydrogen) atoms. The van der Waals surface area contributed by atoms with Gasteiger partial charge in [0.25, 0.3) is 0 Å². The van der Waals surface area contributed by atoms with Crippen molar-refractivity contribution >= 4 is 35.1 Å². The number of hydrogen-bond donors (Lipinski definition) is 1. The molecular formula is C34H34Cl2F2N2O6. The third kappa shape index (κ3) is 10.7. The number of halogens is 4. The summed E-state index contributed by atoms with van der Waals surface area (Å²) in [4.78, 5) is 30.8. The van der Waals surface area contributed by atoms with Crippen molar-refractivity contribution in [3.63, 3.8) is 0 Å². The Bertz CT molecular complexity index is 1680. The predicted molar refractivity (Wildman–Crippen MR) is 173 cm³/mol. The van der Waals surface area contributed by atoms with Gasteiger partial charge in [0, 0.05) is 23.3 Å². The molecule has 0 spiro atoms. The highest BCUT2D eigenvalue weighted by molar-refractivity contribution is 6.32. The number of aromatic carboxylic acids is 1. The second-order valence-corrected chi connectivity index (χ2v) is 11.6. The Kier molecular flexibility index (Phi) is 13.3. The number of rotatable bonds is 11. The predicted octanol–water partition coefficient (Wildman–Crippen LogP) is 9.03. The topological polar surface area (TPSA) is 108 Å². The molecule has 0 bridgehead atoms. The third-order valence-electron chi connectivity index (χ3n) is 5.92. The van der Waals surface area contributed by atoms with Crippen LogP contribution in [0.5, 0.6) is 11.5 Å². The number of pyridine rings is 2. The van der Waals surface area contributed by atoms with Crippen molar-refractivity contribution < 1.29 is 37.7 Å². The highest BCUT2D eigenvalue weighted by Crippen LogP contribution is 2.28. The molecule has 2 aromatic heterocycles. The number of hydrogen-bond acceptors (Lipinski definition) is 7. The van der Waals surface area contributed by atoms with Crippen molar-refractivity contribution in [2.75, 3.05) is 19.8 Å². The first kappa shape index (κ1) is 36.2. The van der Waals surface area contributed by atoms with Gasteiger partial charge in [-0.2, -0.15) is 0 Å². The number of benzene rings is 2. The summed E-state index contributed by atoms with van der Waals surface area (Å²) in [6.45, 7) is 10.9. The summed E-state index contributed by atoms with van der Waals surface area (Å²) in [6, 6.07) is 14.5. The van der Waals surface area contributed by atoms with Crippen molar-refractivity contribution in [2.45, 2.75) is 34.6 Å². The van der Waals surface area contributed by atoms with Crippen LogP contribution in [0.3, 0.4) is 0 Å². The fourth-order valence-electron chi connectivity index (χ4n) is 3.82. The second-order valence-electron chi connectivity index (χ2n) is 10.9. The van der Waals surface area contributed by atoms with Gasteiger partial charge in [0.15, 0.2) is 0 Å². The third-order valence-corrected chi connectivity index (χ3v) is 6.50. The Morgan fingerprint density at radius 1 is 0.739 bits per heavy atom. The van der Waals surface area contributed by atoms with E-state index in [1.165, 1.54) is 42.5 Å². The number of carboxylic acids is 1. The standard InChI is InChI=1S/C18H19ClFNO3.C16H15ClFNO3/c1-4-23-18(22)15-5-6-16(21-17(15)19)12-7-13(20)9-14(8-12)24-10-11(2)3;1-9(2)8-22-12-6-10(5-11(18)7-12)14-4-3-13(16(20)21)15(17)19-14/h5-9,11H,4,10H2,1-3H3;3-7,9H,8H2,1-2H3,(H,20,21). The lowest BCUT2D eigenvalue weighted by Gasteiger charge is -2.11. The van der Waals surface area contributed by atoms with E-state index in [1.807, 2.05) is 27.7 Å². The summed E-state index contributed by atoms with van der Waals surface area (Å²) in [7, 11) is 0. The zero-order chi connectivity index (χ0) is 34.0. The number of esters is 1. The Morgan fingerprint density at radius 3 is 1.54 bits per heavy atom. The zero-order valence-electron chi connectivity index (χ0n) is 25.9. The van der Waals surface area contributed by atoms with Crippen LogP contribution < -0.4 is 9.47 Å². The summed E-state index contributed by atoms with van der Waals surface area (Å²) >= 11 is 11.9. The van der Waals surface area contributed by atoms with Crippen molar-refractivity contribution in [3.8, 4) is 34.0 Å². The summed E-state index contributed by atoms with van der Waals surface area (Å²) in [5, 5.41) is 8.81. The minimum absolute atomic E-state index is 0.0138. The van der Waals surface area contributed by atoms with Crippen LogP contribution in [0.1, 0.15) is 55.3 Å². The molecule has 0 aliphatic heterocycles. The van der Waals surface area contributed by atoms with E-state index in [4.69, 9.17) is 42.5 Å². The van der Waals surface area contributed by atoms with E-state index in [0.717, 1.165) is 0 Å². The van der Waals surface area contributed by atoms with E-state index in [-0.39, 0.29) is 28.0 Å². The maximum atomic E-state index is 13.8. The minimum atomic E-state index is -1.16. The first-order valence-corrected chi connectivity index (χ1v) is 15.1. The van der Waals surface area contributed by atoms with Crippen molar-refractivity contribution in [2.24, 2.45) is 11.8 Å². The molecule has 4 aromatic rings. The van der Waals surface area contributed by atoms with Gasteiger partial charge in [-0.05, 0) is 67.3 Å². The Balaban J connectivity index is 0.000000251. The zero-order valence-corrected chi connectivity index (χ0v) is 27.5. The largest absolute Gasteiger partial charge is 0.493 e. The summed E-state index contributed by atoms with van der Waals surface area (Å²) in [6.07, 6.45) is 0. The fourth-order valence-corrected chi connectivity index (χ4v) is 4.29. The molecule has 2 aromatic carbocycles. The number of aromatic nitrogens is 2. The van der Waals surface area contributed by atoms with Gasteiger partial charge in [0.1, 0.15) is 33.4 Å². The smallest absolute Gasteiger partial charge is 0.341 e. The van der Waals surface area contributed by atoms with Crippen LogP contribution in [0.25, 0.3) is 22.5 Å². The average Bonchev–Trinajstić information content (AvgIpc) is 2.98. The summed E-state index contributed by atoms with van der Waals surface area (Å²) in [5.41, 5.74) is 1.89. The number of carbonyl (C=O) groups is 2. The van der Waals surface area contributed by atoms with E-state index >= 15 is 0 Å². The molecule has 0 aliphatic carbocycles. The number of nitrogens with zero attached hydrogens (tertiary/aromatic N) is 2. The molecule has 0 fully saturated rings. The Hall–Kier alpha value is -4.28. The van der Waals surface area contributed by atoms with Gasteiger partial charge >= 0.3 is 11.9 Å². The maximum Gasteiger partial charge on any atom is 0.341 e. The summed E-state index contributed by atoms with van der Waals surface area (Å²) < 4.78 is 43.5. The normalized spacial score (nSPS) is 10.8. The average molecular weight is 676 g/mol. The van der Waals surface area contributed by atoms with E-state index in [2.05, 4.69) is 9.97 Å². The second kappa shape index (κ2) is 16.9. The molecule has 1 N–H and O–H groups in total. The summed E-state index contributed by atoms with van der Waals surface area (Å²) in [5.74, 6) is -1.14. The molecule has 12 heteroatoms. The first-order chi connectivity index (χ1) is 21.8. The van der Waals surface area contributed by atoms with Crippen LogP contribution in [-0.4, -0.2) is 46.8 Å². The van der Waals surface area contributed by atoms with Gasteiger partial charge in [0.2, 0.25) is 0 Å². The van der Waals surface area contributed by atoms with E-state index in [1.54, 1.807) is 25.1 Å². The van der Waals surface area contributed by atoms with Crippen LogP contribution in [0, 0.1) is 23.5 Å². The molecule has 0 unspecified atom stereocenters. The van der Waals surface area contributed by atoms with E-state index < -0.39 is 23.6 Å². The highest BCUT2D eigenvalue weighted by Gasteiger charge is 2.15. The Labute approximate surface area is 276 Å². The van der Waals surface area contributed by atoms with Crippen molar-refractivity contribution in [3.05, 3.63) is 93.7 Å². The number of carbonyl (C=O) groups excluding carboxylic acids is 1. The molecule has 0 aliphatic rings. The SMILES string of the molecule is CC(C)COc1cc(F)cc(-c2ccc(C(=O)O)c(Cl)n2)c1.CCOC(=O)c1ccc(-c2cc(F)cc(OCC(C)C)c2)nc1Cl. The lowest BCUT2D eigenvalue weighted by molar-refractivity contribution is 0.0525. The minimum Gasteiger partial charge on any atom is -0.493 e. The van der Waals surface area contributed by atoms with Gasteiger partial charge in [-0.25, -0.2) is 28.3 Å². The highest BCUT2D eigenvalue weighted by atomic mass is 35.5. The molecule has 4 rings (SSSR count). The molecule has 8 nitrogen and oxygen atoms in total. The van der Waals surface area contributed by atoms with Crippen LogP contribution in [0.4, 0.5) is 8.78 Å². The molecule has 0 atom stereocenters. The van der Waals surface area contributed by atoms with Crippen LogP contribution in [-0.2, 0) is 4.74 Å². The molecule has 0 amide bonds. The van der Waals surface area contributed by atoms with Gasteiger partial charge in [-0.1, -0.05) is 50.9 Å². The van der Waals surface area contributed by atoms with Gasteiger partial charge in [-0.15, -0.1) is 0 Å². The van der Waals surface area contributed by atoms with Crippen molar-refractivity contribution in [1.82, 2.24) is 9.97 Å². The first-order valence-electron chi connectivity index (χ1n) is 14.4.